The maximum atomic E-state index is 13.3. The molecule has 128 valence electrons. The highest BCUT2D eigenvalue weighted by Gasteiger charge is 2.46. The van der Waals surface area contributed by atoms with Crippen molar-refractivity contribution < 1.29 is 27.5 Å². The lowest BCUT2D eigenvalue weighted by molar-refractivity contribution is -0.151. The van der Waals surface area contributed by atoms with Crippen LogP contribution in [0.1, 0.15) is 30.4 Å². The average Bonchev–Trinajstić information content (AvgIpc) is 2.35. The Morgan fingerprint density at radius 1 is 1.48 bits per heavy atom. The molecule has 1 aliphatic rings. The molecule has 4 nitrogen and oxygen atoms in total. The third-order valence-corrected chi connectivity index (χ3v) is 4.25. The Labute approximate surface area is 130 Å². The molecule has 1 heterocycles. The van der Waals surface area contributed by atoms with E-state index in [0.717, 1.165) is 11.0 Å². The molecule has 1 aromatic rings. The Balaban J connectivity index is 2.40. The molecule has 1 aromatic carbocycles. The lowest BCUT2D eigenvalue weighted by atomic mass is 9.79. The number of nitrogens with two attached hydrogens (primary N) is 1. The number of hydrogen-bond donors (Lipinski definition) is 2. The molecule has 3 N–H and O–H groups in total. The second-order valence-corrected chi connectivity index (χ2v) is 6.00. The molecule has 1 aliphatic heterocycles. The van der Waals surface area contributed by atoms with Gasteiger partial charge in [0.25, 0.3) is 0 Å². The van der Waals surface area contributed by atoms with Gasteiger partial charge in [0.1, 0.15) is 11.5 Å². The summed E-state index contributed by atoms with van der Waals surface area (Å²) in [6, 6.07) is 3.66. The van der Waals surface area contributed by atoms with Crippen LogP contribution in [0.2, 0.25) is 0 Å². The van der Waals surface area contributed by atoms with E-state index in [-0.39, 0.29) is 19.4 Å². The number of nitrogens with zero attached hydrogens (tertiary/aromatic N) is 1. The number of likely N-dealkylation sites (tertiary alicyclic amines) is 1. The smallest absolute Gasteiger partial charge is 0.409 e. The van der Waals surface area contributed by atoms with Crippen LogP contribution in [0, 0.1) is 18.7 Å². The molecular weight excluding hydrogens is 316 g/mol. The summed E-state index contributed by atoms with van der Waals surface area (Å²) in [6.45, 7) is 1.46. The topological polar surface area (TPSA) is 66.6 Å². The average molecular weight is 334 g/mol. The maximum absolute atomic E-state index is 13.3. The first-order valence-corrected chi connectivity index (χ1v) is 7.16. The van der Waals surface area contributed by atoms with Gasteiger partial charge in [-0.25, -0.2) is 9.18 Å². The number of amides is 1. The molecule has 0 bridgehead atoms. The lowest BCUT2D eigenvalue weighted by Crippen LogP contribution is -2.60. The predicted octanol–water partition coefficient (Wildman–Crippen LogP) is 3.59. The van der Waals surface area contributed by atoms with Crippen molar-refractivity contribution in [1.82, 2.24) is 4.90 Å². The summed E-state index contributed by atoms with van der Waals surface area (Å²) in [5, 5.41) is 9.35. The van der Waals surface area contributed by atoms with Crippen LogP contribution in [0.3, 0.4) is 0 Å². The molecule has 0 radical (unpaired) electrons. The zero-order valence-corrected chi connectivity index (χ0v) is 12.5. The Kier molecular flexibility index (Phi) is 4.57. The first kappa shape index (κ1) is 17.5. The first-order valence-electron chi connectivity index (χ1n) is 7.16. The van der Waals surface area contributed by atoms with Gasteiger partial charge in [0.15, 0.2) is 0 Å². The molecule has 1 unspecified atom stereocenters. The highest BCUT2D eigenvalue weighted by Crippen LogP contribution is 2.41. The molecule has 2 rings (SSSR count). The van der Waals surface area contributed by atoms with Gasteiger partial charge < -0.3 is 10.8 Å². The van der Waals surface area contributed by atoms with Crippen LogP contribution in [-0.2, 0) is 5.66 Å². The van der Waals surface area contributed by atoms with Gasteiger partial charge in [0.05, 0.1) is 0 Å². The highest BCUT2D eigenvalue weighted by molar-refractivity contribution is 5.67. The van der Waals surface area contributed by atoms with Gasteiger partial charge in [0, 0.05) is 13.0 Å². The maximum Gasteiger partial charge on any atom is 0.409 e. The summed E-state index contributed by atoms with van der Waals surface area (Å²) in [5.74, 6) is -1.29. The number of aryl methyl sites for hydroxylation is 1. The number of benzene rings is 1. The Hall–Kier alpha value is -1.83. The van der Waals surface area contributed by atoms with Gasteiger partial charge in [-0.1, -0.05) is 6.07 Å². The Morgan fingerprint density at radius 2 is 2.13 bits per heavy atom. The largest absolute Gasteiger partial charge is 0.465 e. The van der Waals surface area contributed by atoms with Crippen LogP contribution in [0.15, 0.2) is 18.2 Å². The van der Waals surface area contributed by atoms with Gasteiger partial charge in [0.2, 0.25) is 0 Å². The number of halogens is 4. The SMILES string of the molecule is Cc1cc(F)ccc1[C@@]1(N)CC(CC(F)(F)F)CCN1C(=O)O. The van der Waals surface area contributed by atoms with Gasteiger partial charge >= 0.3 is 12.3 Å². The molecular formula is C15H18F4N2O2. The van der Waals surface area contributed by atoms with Crippen LogP contribution < -0.4 is 5.73 Å². The fourth-order valence-electron chi connectivity index (χ4n) is 3.30. The van der Waals surface area contributed by atoms with Crippen molar-refractivity contribution in [2.24, 2.45) is 11.7 Å². The van der Waals surface area contributed by atoms with Gasteiger partial charge in [-0.2, -0.15) is 13.2 Å². The predicted molar refractivity (Wildman–Crippen MR) is 75.1 cm³/mol. The van der Waals surface area contributed by atoms with Crippen molar-refractivity contribution in [3.63, 3.8) is 0 Å². The minimum atomic E-state index is -4.34. The lowest BCUT2D eigenvalue weighted by Gasteiger charge is -2.46. The van der Waals surface area contributed by atoms with E-state index < -0.39 is 36.1 Å². The molecule has 23 heavy (non-hydrogen) atoms. The van der Waals surface area contributed by atoms with E-state index in [1.165, 1.54) is 12.1 Å². The summed E-state index contributed by atoms with van der Waals surface area (Å²) in [5.41, 5.74) is 5.38. The van der Waals surface area contributed by atoms with E-state index in [1.807, 2.05) is 0 Å². The zero-order valence-electron chi connectivity index (χ0n) is 12.5. The van der Waals surface area contributed by atoms with E-state index >= 15 is 0 Å². The zero-order chi connectivity index (χ0) is 17.4. The normalized spacial score (nSPS) is 25.5. The van der Waals surface area contributed by atoms with Crippen molar-refractivity contribution in [1.29, 1.82) is 0 Å². The second-order valence-electron chi connectivity index (χ2n) is 6.00. The number of alkyl halides is 3. The quantitative estimate of drug-likeness (QED) is 0.812. The number of piperidine rings is 1. The fourth-order valence-corrected chi connectivity index (χ4v) is 3.30. The molecule has 0 spiro atoms. The van der Waals surface area contributed by atoms with E-state index in [9.17, 15) is 27.5 Å². The third kappa shape index (κ3) is 3.74. The highest BCUT2D eigenvalue weighted by atomic mass is 19.4. The third-order valence-electron chi connectivity index (χ3n) is 4.25. The Bertz CT molecular complexity index is 606. The monoisotopic (exact) mass is 334 g/mol. The molecule has 8 heteroatoms. The number of carboxylic acid groups (broad SMARTS) is 1. The summed E-state index contributed by atoms with van der Waals surface area (Å²) in [4.78, 5) is 12.4. The molecule has 0 saturated carbocycles. The van der Waals surface area contributed by atoms with Crippen LogP contribution in [-0.4, -0.2) is 28.8 Å². The van der Waals surface area contributed by atoms with E-state index in [4.69, 9.17) is 5.73 Å². The number of carbonyl (C=O) groups is 1. The molecule has 0 aromatic heterocycles. The van der Waals surface area contributed by atoms with Crippen molar-refractivity contribution in [3.05, 3.63) is 35.1 Å². The summed E-state index contributed by atoms with van der Waals surface area (Å²) in [6.07, 6.45) is -6.73. The molecule has 2 atom stereocenters. The van der Waals surface area contributed by atoms with Crippen molar-refractivity contribution in [2.75, 3.05) is 6.54 Å². The summed E-state index contributed by atoms with van der Waals surface area (Å²) >= 11 is 0. The van der Waals surface area contributed by atoms with Crippen LogP contribution in [0.25, 0.3) is 0 Å². The molecule has 1 amide bonds. The number of rotatable bonds is 2. The fraction of sp³-hybridized carbons (Fsp3) is 0.533. The van der Waals surface area contributed by atoms with Gasteiger partial charge in [-0.05, 0) is 48.9 Å². The summed E-state index contributed by atoms with van der Waals surface area (Å²) in [7, 11) is 0. The first-order chi connectivity index (χ1) is 10.5. The molecule has 0 aliphatic carbocycles. The standard InChI is InChI=1S/C15H18F4N2O2/c1-9-6-11(16)2-3-12(9)14(20)7-10(8-15(17,18)19)4-5-21(14)13(22)23/h2-3,6,10H,4-5,7-8,20H2,1H3,(H,22,23)/t10?,14-/m1/s1. The molecule has 1 fully saturated rings. The Morgan fingerprint density at radius 3 is 2.65 bits per heavy atom. The van der Waals surface area contributed by atoms with E-state index in [2.05, 4.69) is 0 Å². The van der Waals surface area contributed by atoms with Crippen molar-refractivity contribution in [3.8, 4) is 0 Å². The van der Waals surface area contributed by atoms with Crippen LogP contribution >= 0.6 is 0 Å². The summed E-state index contributed by atoms with van der Waals surface area (Å²) < 4.78 is 51.3. The van der Waals surface area contributed by atoms with Crippen molar-refractivity contribution >= 4 is 6.09 Å². The van der Waals surface area contributed by atoms with Gasteiger partial charge in [-0.15, -0.1) is 0 Å². The van der Waals surface area contributed by atoms with Crippen LogP contribution in [0.5, 0.6) is 0 Å². The number of hydrogen-bond acceptors (Lipinski definition) is 2. The second kappa shape index (κ2) is 5.99. The van der Waals surface area contributed by atoms with E-state index in [0.29, 0.717) is 11.1 Å². The minimum Gasteiger partial charge on any atom is -0.465 e. The minimum absolute atomic E-state index is 0.0883. The van der Waals surface area contributed by atoms with Crippen LogP contribution in [0.4, 0.5) is 22.4 Å². The molecule has 1 saturated heterocycles. The van der Waals surface area contributed by atoms with Crippen molar-refractivity contribution in [2.45, 2.75) is 38.0 Å². The van der Waals surface area contributed by atoms with E-state index in [1.54, 1.807) is 6.92 Å². The van der Waals surface area contributed by atoms with Gasteiger partial charge in [-0.3, -0.25) is 4.90 Å².